The van der Waals surface area contributed by atoms with Crippen LogP contribution in [0.5, 0.6) is 5.75 Å². The van der Waals surface area contributed by atoms with Crippen LogP contribution in [-0.2, 0) is 13.2 Å². The van der Waals surface area contributed by atoms with Gasteiger partial charge in [-0.15, -0.1) is 0 Å². The standard InChI is InChI=1S/C24H36N2O.C2H6/c1-3-5-17-26(18-6-4-2)19-16-25-20-22-12-14-24(15-13-22)27-21-23-10-8-7-9-11-23;1-2/h7-15,25H,3-6,16-21H2,1-2H3;1-2H3. The van der Waals surface area contributed by atoms with E-state index in [1.165, 1.54) is 49.9 Å². The maximum atomic E-state index is 5.85. The summed E-state index contributed by atoms with van der Waals surface area (Å²) in [6.45, 7) is 14.7. The summed E-state index contributed by atoms with van der Waals surface area (Å²) in [5, 5.41) is 3.58. The van der Waals surface area contributed by atoms with E-state index >= 15 is 0 Å². The zero-order valence-electron chi connectivity index (χ0n) is 19.1. The maximum Gasteiger partial charge on any atom is 0.119 e. The fourth-order valence-electron chi connectivity index (χ4n) is 3.01. The number of rotatable bonds is 14. The van der Waals surface area contributed by atoms with Crippen LogP contribution in [0.4, 0.5) is 0 Å². The predicted molar refractivity (Wildman–Crippen MR) is 127 cm³/mol. The summed E-state index contributed by atoms with van der Waals surface area (Å²) in [5.41, 5.74) is 2.50. The van der Waals surface area contributed by atoms with Crippen LogP contribution in [0.25, 0.3) is 0 Å². The van der Waals surface area contributed by atoms with Crippen LogP contribution in [0.3, 0.4) is 0 Å². The monoisotopic (exact) mass is 398 g/mol. The van der Waals surface area contributed by atoms with Crippen molar-refractivity contribution in [2.75, 3.05) is 26.2 Å². The van der Waals surface area contributed by atoms with Crippen molar-refractivity contribution < 1.29 is 4.74 Å². The van der Waals surface area contributed by atoms with Crippen molar-refractivity contribution in [2.24, 2.45) is 0 Å². The predicted octanol–water partition coefficient (Wildman–Crippen LogP) is 6.28. The Balaban J connectivity index is 0.00000204. The molecule has 0 bridgehead atoms. The quantitative estimate of drug-likeness (QED) is 0.379. The first-order chi connectivity index (χ1) is 14.3. The van der Waals surface area contributed by atoms with E-state index in [0.717, 1.165) is 25.4 Å². The molecule has 0 aliphatic rings. The number of benzene rings is 2. The molecule has 0 saturated carbocycles. The molecule has 0 spiro atoms. The molecule has 0 fully saturated rings. The molecule has 3 nitrogen and oxygen atoms in total. The number of hydrogen-bond donors (Lipinski definition) is 1. The highest BCUT2D eigenvalue weighted by atomic mass is 16.5. The zero-order valence-corrected chi connectivity index (χ0v) is 19.1. The van der Waals surface area contributed by atoms with Gasteiger partial charge < -0.3 is 15.0 Å². The molecule has 0 aliphatic heterocycles. The van der Waals surface area contributed by atoms with E-state index in [1.54, 1.807) is 0 Å². The molecule has 2 aromatic carbocycles. The summed E-state index contributed by atoms with van der Waals surface area (Å²) in [4.78, 5) is 2.60. The van der Waals surface area contributed by atoms with Gasteiger partial charge in [0.05, 0.1) is 0 Å². The van der Waals surface area contributed by atoms with Crippen molar-refractivity contribution >= 4 is 0 Å². The van der Waals surface area contributed by atoms with Gasteiger partial charge in [-0.05, 0) is 49.2 Å². The van der Waals surface area contributed by atoms with Crippen LogP contribution in [-0.4, -0.2) is 31.1 Å². The Hall–Kier alpha value is -1.84. The van der Waals surface area contributed by atoms with Crippen molar-refractivity contribution in [1.82, 2.24) is 10.2 Å². The highest BCUT2D eigenvalue weighted by Crippen LogP contribution is 2.14. The molecular formula is C26H42N2O. The fraction of sp³-hybridized carbons (Fsp3) is 0.538. The minimum Gasteiger partial charge on any atom is -0.489 e. The van der Waals surface area contributed by atoms with E-state index in [1.807, 2.05) is 32.0 Å². The van der Waals surface area contributed by atoms with Crippen LogP contribution < -0.4 is 10.1 Å². The van der Waals surface area contributed by atoms with Gasteiger partial charge in [0, 0.05) is 19.6 Å². The number of nitrogens with one attached hydrogen (secondary N) is 1. The van der Waals surface area contributed by atoms with Gasteiger partial charge in [-0.1, -0.05) is 83.0 Å². The van der Waals surface area contributed by atoms with E-state index in [2.05, 4.69) is 60.5 Å². The maximum absolute atomic E-state index is 5.85. The minimum atomic E-state index is 0.615. The van der Waals surface area contributed by atoms with Crippen LogP contribution in [0.15, 0.2) is 54.6 Å². The van der Waals surface area contributed by atoms with Crippen LogP contribution in [0.1, 0.15) is 64.5 Å². The van der Waals surface area contributed by atoms with E-state index in [4.69, 9.17) is 4.74 Å². The lowest BCUT2D eigenvalue weighted by Gasteiger charge is -2.22. The Bertz CT molecular complexity index is 590. The van der Waals surface area contributed by atoms with Gasteiger partial charge in [-0.3, -0.25) is 0 Å². The van der Waals surface area contributed by atoms with E-state index < -0.39 is 0 Å². The SMILES string of the molecule is CC.CCCCN(CCCC)CCNCc1ccc(OCc2ccccc2)cc1. The lowest BCUT2D eigenvalue weighted by atomic mass is 10.2. The summed E-state index contributed by atoms with van der Waals surface area (Å²) >= 11 is 0. The Morgan fingerprint density at radius 2 is 1.38 bits per heavy atom. The Morgan fingerprint density at radius 1 is 0.759 bits per heavy atom. The second-order valence-electron chi connectivity index (χ2n) is 7.14. The second-order valence-corrected chi connectivity index (χ2v) is 7.14. The molecule has 2 rings (SSSR count). The van der Waals surface area contributed by atoms with E-state index in [9.17, 15) is 0 Å². The Morgan fingerprint density at radius 3 is 1.97 bits per heavy atom. The smallest absolute Gasteiger partial charge is 0.119 e. The van der Waals surface area contributed by atoms with Gasteiger partial charge in [0.15, 0.2) is 0 Å². The third kappa shape index (κ3) is 11.7. The molecule has 0 saturated heterocycles. The molecule has 0 atom stereocenters. The third-order valence-corrected chi connectivity index (χ3v) is 4.76. The van der Waals surface area contributed by atoms with E-state index in [0.29, 0.717) is 6.61 Å². The average Bonchev–Trinajstić information content (AvgIpc) is 2.79. The van der Waals surface area contributed by atoms with Crippen molar-refractivity contribution in [1.29, 1.82) is 0 Å². The van der Waals surface area contributed by atoms with E-state index in [-0.39, 0.29) is 0 Å². The lowest BCUT2D eigenvalue weighted by Crippen LogP contribution is -2.33. The van der Waals surface area contributed by atoms with Crippen molar-refractivity contribution in [3.8, 4) is 5.75 Å². The molecule has 0 radical (unpaired) electrons. The summed E-state index contributed by atoms with van der Waals surface area (Å²) in [7, 11) is 0. The van der Waals surface area contributed by atoms with Gasteiger partial charge in [0.2, 0.25) is 0 Å². The topological polar surface area (TPSA) is 24.5 Å². The van der Waals surface area contributed by atoms with Gasteiger partial charge in [0.1, 0.15) is 12.4 Å². The summed E-state index contributed by atoms with van der Waals surface area (Å²) in [5.74, 6) is 0.924. The largest absolute Gasteiger partial charge is 0.489 e. The second kappa shape index (κ2) is 17.1. The minimum absolute atomic E-state index is 0.615. The molecule has 0 amide bonds. The summed E-state index contributed by atoms with van der Waals surface area (Å²) in [6.07, 6.45) is 5.14. The number of ether oxygens (including phenoxy) is 1. The molecule has 162 valence electrons. The van der Waals surface area contributed by atoms with Crippen LogP contribution in [0, 0.1) is 0 Å². The van der Waals surface area contributed by atoms with Crippen molar-refractivity contribution in [3.63, 3.8) is 0 Å². The van der Waals surface area contributed by atoms with Crippen molar-refractivity contribution in [2.45, 2.75) is 66.5 Å². The molecular weight excluding hydrogens is 356 g/mol. The van der Waals surface area contributed by atoms with Crippen molar-refractivity contribution in [3.05, 3.63) is 65.7 Å². The molecule has 2 aromatic rings. The molecule has 0 unspecified atom stereocenters. The average molecular weight is 399 g/mol. The molecule has 29 heavy (non-hydrogen) atoms. The normalized spacial score (nSPS) is 10.5. The van der Waals surface area contributed by atoms with Gasteiger partial charge in [-0.25, -0.2) is 0 Å². The van der Waals surface area contributed by atoms with Gasteiger partial charge >= 0.3 is 0 Å². The van der Waals surface area contributed by atoms with Gasteiger partial charge in [-0.2, -0.15) is 0 Å². The number of unbranched alkanes of at least 4 members (excludes halogenated alkanes) is 2. The molecule has 0 aliphatic carbocycles. The number of nitrogens with zero attached hydrogens (tertiary/aromatic N) is 1. The van der Waals surface area contributed by atoms with Crippen LogP contribution >= 0.6 is 0 Å². The number of hydrogen-bond acceptors (Lipinski definition) is 3. The van der Waals surface area contributed by atoms with Gasteiger partial charge in [0.25, 0.3) is 0 Å². The Kier molecular flexibility index (Phi) is 14.8. The summed E-state index contributed by atoms with van der Waals surface area (Å²) in [6, 6.07) is 18.7. The first-order valence-corrected chi connectivity index (χ1v) is 11.5. The van der Waals surface area contributed by atoms with Crippen LogP contribution in [0.2, 0.25) is 0 Å². The third-order valence-electron chi connectivity index (χ3n) is 4.76. The Labute approximate surface area is 179 Å². The highest BCUT2D eigenvalue weighted by molar-refractivity contribution is 5.27. The first-order valence-electron chi connectivity index (χ1n) is 11.5. The molecule has 1 N–H and O–H groups in total. The highest BCUT2D eigenvalue weighted by Gasteiger charge is 2.03. The fourth-order valence-corrected chi connectivity index (χ4v) is 3.01. The zero-order chi connectivity index (χ0) is 21.2. The molecule has 0 aromatic heterocycles. The molecule has 3 heteroatoms. The lowest BCUT2D eigenvalue weighted by molar-refractivity contribution is 0.264. The first kappa shape index (κ1) is 25.2. The summed E-state index contributed by atoms with van der Waals surface area (Å²) < 4.78 is 5.85. The molecule has 0 heterocycles.